The van der Waals surface area contributed by atoms with Gasteiger partial charge in [-0.2, -0.15) is 0 Å². The van der Waals surface area contributed by atoms with Crippen molar-refractivity contribution >= 4 is 5.96 Å². The van der Waals surface area contributed by atoms with Gasteiger partial charge in [-0.25, -0.2) is 4.98 Å². The molecule has 0 aliphatic carbocycles. The SMILES string of the molecule is CN=C(NCCCOCC1CCOCC1)NCc1ccc(OC)nc1. The zero-order chi connectivity index (χ0) is 17.7. The minimum Gasteiger partial charge on any atom is -0.481 e. The molecule has 0 bridgehead atoms. The van der Waals surface area contributed by atoms with Crippen LogP contribution in [-0.4, -0.2) is 58.1 Å². The first-order chi connectivity index (χ1) is 12.3. The first-order valence-corrected chi connectivity index (χ1v) is 8.90. The van der Waals surface area contributed by atoms with Crippen molar-refractivity contribution in [3.05, 3.63) is 23.9 Å². The van der Waals surface area contributed by atoms with E-state index in [1.807, 2.05) is 12.1 Å². The third kappa shape index (κ3) is 7.70. The molecule has 1 saturated heterocycles. The number of methoxy groups -OCH3 is 1. The van der Waals surface area contributed by atoms with E-state index < -0.39 is 0 Å². The summed E-state index contributed by atoms with van der Waals surface area (Å²) in [7, 11) is 3.38. The van der Waals surface area contributed by atoms with Crippen molar-refractivity contribution in [1.29, 1.82) is 0 Å². The summed E-state index contributed by atoms with van der Waals surface area (Å²) in [5.41, 5.74) is 1.07. The molecule has 0 amide bonds. The summed E-state index contributed by atoms with van der Waals surface area (Å²) in [4.78, 5) is 8.41. The molecule has 0 atom stereocenters. The Morgan fingerprint density at radius 1 is 1.32 bits per heavy atom. The number of rotatable bonds is 9. The highest BCUT2D eigenvalue weighted by atomic mass is 16.5. The summed E-state index contributed by atoms with van der Waals surface area (Å²) in [6, 6.07) is 3.83. The Balaban J connectivity index is 1.53. The predicted octanol–water partition coefficient (Wildman–Crippen LogP) is 1.59. The highest BCUT2D eigenvalue weighted by Gasteiger charge is 2.13. The Morgan fingerprint density at radius 2 is 2.16 bits per heavy atom. The molecule has 1 aliphatic heterocycles. The summed E-state index contributed by atoms with van der Waals surface area (Å²) in [5, 5.41) is 6.56. The van der Waals surface area contributed by atoms with Gasteiger partial charge in [0, 0.05) is 58.8 Å². The van der Waals surface area contributed by atoms with Crippen molar-refractivity contribution in [2.24, 2.45) is 10.9 Å². The van der Waals surface area contributed by atoms with Crippen molar-refractivity contribution in [3.63, 3.8) is 0 Å². The van der Waals surface area contributed by atoms with Crippen LogP contribution in [-0.2, 0) is 16.0 Å². The lowest BCUT2D eigenvalue weighted by Crippen LogP contribution is -2.37. The molecule has 0 saturated carbocycles. The number of aromatic nitrogens is 1. The Labute approximate surface area is 150 Å². The molecule has 0 unspecified atom stereocenters. The topological polar surface area (TPSA) is 77.0 Å². The largest absolute Gasteiger partial charge is 0.481 e. The van der Waals surface area contributed by atoms with E-state index in [0.29, 0.717) is 18.3 Å². The van der Waals surface area contributed by atoms with Crippen LogP contribution in [0.25, 0.3) is 0 Å². The van der Waals surface area contributed by atoms with Crippen LogP contribution in [0.5, 0.6) is 5.88 Å². The van der Waals surface area contributed by atoms with Gasteiger partial charge >= 0.3 is 0 Å². The van der Waals surface area contributed by atoms with Gasteiger partial charge in [0.15, 0.2) is 5.96 Å². The van der Waals surface area contributed by atoms with E-state index in [4.69, 9.17) is 14.2 Å². The fourth-order valence-electron chi connectivity index (χ4n) is 2.59. The van der Waals surface area contributed by atoms with E-state index in [2.05, 4.69) is 20.6 Å². The van der Waals surface area contributed by atoms with E-state index in [1.54, 1.807) is 20.4 Å². The van der Waals surface area contributed by atoms with Crippen LogP contribution in [0, 0.1) is 5.92 Å². The van der Waals surface area contributed by atoms with Crippen molar-refractivity contribution < 1.29 is 14.2 Å². The van der Waals surface area contributed by atoms with E-state index in [9.17, 15) is 0 Å². The van der Waals surface area contributed by atoms with E-state index >= 15 is 0 Å². The molecule has 7 heteroatoms. The van der Waals surface area contributed by atoms with Gasteiger partial charge in [-0.3, -0.25) is 4.99 Å². The molecule has 2 N–H and O–H groups in total. The second-order valence-corrected chi connectivity index (χ2v) is 6.05. The first kappa shape index (κ1) is 19.5. The summed E-state index contributed by atoms with van der Waals surface area (Å²) in [5.74, 6) is 2.06. The maximum Gasteiger partial charge on any atom is 0.212 e. The summed E-state index contributed by atoms with van der Waals surface area (Å²) in [6.07, 6.45) is 4.99. The van der Waals surface area contributed by atoms with Crippen LogP contribution in [0.2, 0.25) is 0 Å². The maximum absolute atomic E-state index is 5.76. The third-order valence-corrected chi connectivity index (χ3v) is 4.14. The molecular weight excluding hydrogens is 320 g/mol. The summed E-state index contributed by atoms with van der Waals surface area (Å²) < 4.78 is 16.2. The van der Waals surface area contributed by atoms with Gasteiger partial charge in [0.2, 0.25) is 5.88 Å². The number of hydrogen-bond acceptors (Lipinski definition) is 5. The van der Waals surface area contributed by atoms with Crippen LogP contribution >= 0.6 is 0 Å². The first-order valence-electron chi connectivity index (χ1n) is 8.90. The number of nitrogens with zero attached hydrogens (tertiary/aromatic N) is 2. The normalized spacial score (nSPS) is 15.8. The van der Waals surface area contributed by atoms with Gasteiger partial charge in [-0.1, -0.05) is 6.07 Å². The van der Waals surface area contributed by atoms with E-state index in [-0.39, 0.29) is 0 Å². The molecule has 2 rings (SSSR count). The van der Waals surface area contributed by atoms with E-state index in [0.717, 1.165) is 63.8 Å². The van der Waals surface area contributed by atoms with Gasteiger partial charge in [0.1, 0.15) is 0 Å². The predicted molar refractivity (Wildman–Crippen MR) is 98.0 cm³/mol. The lowest BCUT2D eigenvalue weighted by molar-refractivity contribution is 0.0203. The molecule has 1 aliphatic rings. The van der Waals surface area contributed by atoms with Gasteiger partial charge in [-0.15, -0.1) is 0 Å². The smallest absolute Gasteiger partial charge is 0.212 e. The minimum atomic E-state index is 0.618. The molecule has 140 valence electrons. The Kier molecular flexibility index (Phi) is 9.07. The lowest BCUT2D eigenvalue weighted by atomic mass is 10.0. The maximum atomic E-state index is 5.76. The number of guanidine groups is 1. The fourth-order valence-corrected chi connectivity index (χ4v) is 2.59. The molecule has 2 heterocycles. The van der Waals surface area contributed by atoms with Gasteiger partial charge in [-0.05, 0) is 30.7 Å². The van der Waals surface area contributed by atoms with E-state index in [1.165, 1.54) is 0 Å². The zero-order valence-electron chi connectivity index (χ0n) is 15.3. The number of hydrogen-bond donors (Lipinski definition) is 2. The standard InChI is InChI=1S/C18H30N4O3/c1-19-18(22-13-16-4-5-17(23-2)21-12-16)20-8-3-9-25-14-15-6-10-24-11-7-15/h4-5,12,15H,3,6-11,13-14H2,1-2H3,(H2,19,20,22). The van der Waals surface area contributed by atoms with Crippen LogP contribution in [0.15, 0.2) is 23.3 Å². The van der Waals surface area contributed by atoms with Crippen molar-refractivity contribution in [2.75, 3.05) is 47.1 Å². The molecule has 25 heavy (non-hydrogen) atoms. The van der Waals surface area contributed by atoms with Crippen molar-refractivity contribution in [2.45, 2.75) is 25.8 Å². The third-order valence-electron chi connectivity index (χ3n) is 4.14. The van der Waals surface area contributed by atoms with Gasteiger partial charge in [0.05, 0.1) is 7.11 Å². The number of pyridine rings is 1. The average Bonchev–Trinajstić information content (AvgIpc) is 2.68. The lowest BCUT2D eigenvalue weighted by Gasteiger charge is -2.21. The zero-order valence-corrected chi connectivity index (χ0v) is 15.3. The molecule has 1 fully saturated rings. The second-order valence-electron chi connectivity index (χ2n) is 6.05. The second kappa shape index (κ2) is 11.7. The van der Waals surface area contributed by atoms with Crippen molar-refractivity contribution in [1.82, 2.24) is 15.6 Å². The summed E-state index contributed by atoms with van der Waals surface area (Å²) >= 11 is 0. The molecular formula is C18H30N4O3. The van der Waals surface area contributed by atoms with Crippen LogP contribution in [0.4, 0.5) is 0 Å². The molecule has 0 aromatic carbocycles. The van der Waals surface area contributed by atoms with Gasteiger partial charge < -0.3 is 24.8 Å². The highest BCUT2D eigenvalue weighted by molar-refractivity contribution is 5.79. The number of nitrogens with one attached hydrogen (secondary N) is 2. The Bertz CT molecular complexity index is 502. The molecule has 1 aromatic heterocycles. The van der Waals surface area contributed by atoms with Crippen LogP contribution in [0.1, 0.15) is 24.8 Å². The fraction of sp³-hybridized carbons (Fsp3) is 0.667. The quantitative estimate of drug-likeness (QED) is 0.400. The number of ether oxygens (including phenoxy) is 3. The Hall–Kier alpha value is -1.86. The van der Waals surface area contributed by atoms with Crippen LogP contribution in [0.3, 0.4) is 0 Å². The van der Waals surface area contributed by atoms with Gasteiger partial charge in [0.25, 0.3) is 0 Å². The molecule has 7 nitrogen and oxygen atoms in total. The van der Waals surface area contributed by atoms with Crippen LogP contribution < -0.4 is 15.4 Å². The highest BCUT2D eigenvalue weighted by Crippen LogP contribution is 2.14. The number of aliphatic imine (C=N–C) groups is 1. The van der Waals surface area contributed by atoms with Crippen molar-refractivity contribution in [3.8, 4) is 5.88 Å². The Morgan fingerprint density at radius 3 is 2.84 bits per heavy atom. The molecule has 1 aromatic rings. The monoisotopic (exact) mass is 350 g/mol. The molecule has 0 radical (unpaired) electrons. The minimum absolute atomic E-state index is 0.618. The molecule has 0 spiro atoms. The average molecular weight is 350 g/mol. The summed E-state index contributed by atoms with van der Waals surface area (Å²) in [6.45, 7) is 4.86.